The van der Waals surface area contributed by atoms with Crippen molar-refractivity contribution in [2.45, 2.75) is 26.9 Å². The molecule has 0 saturated heterocycles. The predicted octanol–water partition coefficient (Wildman–Crippen LogP) is 3.14. The Bertz CT molecular complexity index is 625. The zero-order valence-electron chi connectivity index (χ0n) is 12.0. The van der Waals surface area contributed by atoms with Gasteiger partial charge in [-0.25, -0.2) is 0 Å². The number of ether oxygens (including phenoxy) is 2. The first kappa shape index (κ1) is 13.2. The molecular weight excluding hydrogens is 252 g/mol. The highest BCUT2D eigenvalue weighted by Gasteiger charge is 2.18. The van der Waals surface area contributed by atoms with Crippen LogP contribution >= 0.6 is 0 Å². The minimum Gasteiger partial charge on any atom is -0.494 e. The molecule has 1 aromatic carbocycles. The molecule has 2 heterocycles. The Kier molecular flexibility index (Phi) is 3.74. The number of nitrogens with one attached hydrogen (secondary N) is 1. The van der Waals surface area contributed by atoms with Gasteiger partial charge in [0, 0.05) is 23.9 Å². The normalized spacial score (nSPS) is 14.1. The van der Waals surface area contributed by atoms with Crippen molar-refractivity contribution in [3.63, 3.8) is 0 Å². The highest BCUT2D eigenvalue weighted by molar-refractivity contribution is 5.94. The van der Waals surface area contributed by atoms with Crippen LogP contribution in [-0.2, 0) is 17.8 Å². The average molecular weight is 272 g/mol. The summed E-state index contributed by atoms with van der Waals surface area (Å²) in [6.45, 7) is 7.05. The summed E-state index contributed by atoms with van der Waals surface area (Å²) in [6.07, 6.45) is 0.886. The Morgan fingerprint density at radius 3 is 3.05 bits per heavy atom. The fraction of sp³-hybridized carbons (Fsp3) is 0.438. The molecular formula is C16H20N2O2. The van der Waals surface area contributed by atoms with Crippen LogP contribution in [0.1, 0.15) is 25.1 Å². The minimum atomic E-state index is 0.638. The van der Waals surface area contributed by atoms with E-state index in [0.29, 0.717) is 13.2 Å². The number of benzene rings is 1. The van der Waals surface area contributed by atoms with Gasteiger partial charge in [-0.15, -0.1) is 0 Å². The first-order chi connectivity index (χ1) is 9.83. The lowest BCUT2D eigenvalue weighted by molar-refractivity contribution is 0.110. The van der Waals surface area contributed by atoms with E-state index >= 15 is 0 Å². The lowest BCUT2D eigenvalue weighted by Crippen LogP contribution is -2.15. The van der Waals surface area contributed by atoms with Gasteiger partial charge in [0.1, 0.15) is 5.75 Å². The topological polar surface area (TPSA) is 43.4 Å². The summed E-state index contributed by atoms with van der Waals surface area (Å²) < 4.78 is 11.2. The molecule has 1 aliphatic rings. The van der Waals surface area contributed by atoms with Gasteiger partial charge >= 0.3 is 0 Å². The van der Waals surface area contributed by atoms with E-state index in [9.17, 15) is 0 Å². The van der Waals surface area contributed by atoms with Crippen LogP contribution in [-0.4, -0.2) is 24.7 Å². The zero-order chi connectivity index (χ0) is 13.9. The molecule has 0 fully saturated rings. The molecule has 0 bridgehead atoms. The molecule has 106 valence electrons. The van der Waals surface area contributed by atoms with Crippen LogP contribution in [0.15, 0.2) is 18.2 Å². The summed E-state index contributed by atoms with van der Waals surface area (Å²) in [5.74, 6) is 0.887. The second-order valence-electron chi connectivity index (χ2n) is 4.86. The molecule has 4 nitrogen and oxygen atoms in total. The minimum absolute atomic E-state index is 0.638. The van der Waals surface area contributed by atoms with Gasteiger partial charge in [-0.3, -0.25) is 4.98 Å². The first-order valence-electron chi connectivity index (χ1n) is 7.23. The standard InChI is InChI=1S/C16H20N2O2/c1-3-17-16-12-9-11(20-4-2)5-6-14(12)18-15-7-8-19-10-13(15)16/h5-6,9H,3-4,7-8,10H2,1-2H3,(H,17,18). The Morgan fingerprint density at radius 1 is 1.35 bits per heavy atom. The van der Waals surface area contributed by atoms with Crippen molar-refractivity contribution in [3.05, 3.63) is 29.5 Å². The Balaban J connectivity index is 2.20. The molecule has 4 heteroatoms. The highest BCUT2D eigenvalue weighted by Crippen LogP contribution is 2.33. The van der Waals surface area contributed by atoms with E-state index in [4.69, 9.17) is 14.5 Å². The van der Waals surface area contributed by atoms with Gasteiger partial charge in [0.2, 0.25) is 0 Å². The van der Waals surface area contributed by atoms with E-state index in [-0.39, 0.29) is 0 Å². The van der Waals surface area contributed by atoms with Crippen LogP contribution in [0.5, 0.6) is 5.75 Å². The second-order valence-corrected chi connectivity index (χ2v) is 4.86. The summed E-state index contributed by atoms with van der Waals surface area (Å²) in [7, 11) is 0. The maximum absolute atomic E-state index is 5.60. The summed E-state index contributed by atoms with van der Waals surface area (Å²) in [6, 6.07) is 6.09. The van der Waals surface area contributed by atoms with Crippen molar-refractivity contribution in [2.24, 2.45) is 0 Å². The number of hydrogen-bond donors (Lipinski definition) is 1. The first-order valence-corrected chi connectivity index (χ1v) is 7.23. The van der Waals surface area contributed by atoms with E-state index in [0.717, 1.165) is 47.6 Å². The summed E-state index contributed by atoms with van der Waals surface area (Å²) in [4.78, 5) is 4.78. The zero-order valence-corrected chi connectivity index (χ0v) is 12.0. The van der Waals surface area contributed by atoms with E-state index in [2.05, 4.69) is 18.3 Å². The molecule has 3 rings (SSSR count). The molecule has 0 radical (unpaired) electrons. The number of hydrogen-bond acceptors (Lipinski definition) is 4. The Labute approximate surface area is 119 Å². The molecule has 0 atom stereocenters. The molecule has 1 aromatic heterocycles. The van der Waals surface area contributed by atoms with Crippen molar-refractivity contribution >= 4 is 16.6 Å². The number of aromatic nitrogens is 1. The number of fused-ring (bicyclic) bond motifs is 2. The molecule has 1 N–H and O–H groups in total. The van der Waals surface area contributed by atoms with Crippen molar-refractivity contribution in [1.29, 1.82) is 0 Å². The van der Waals surface area contributed by atoms with E-state index < -0.39 is 0 Å². The number of pyridine rings is 1. The monoisotopic (exact) mass is 272 g/mol. The fourth-order valence-electron chi connectivity index (χ4n) is 2.67. The molecule has 0 aliphatic carbocycles. The summed E-state index contributed by atoms with van der Waals surface area (Å²) >= 11 is 0. The molecule has 0 spiro atoms. The van der Waals surface area contributed by atoms with Crippen LogP contribution in [0, 0.1) is 0 Å². The van der Waals surface area contributed by atoms with Crippen LogP contribution < -0.4 is 10.1 Å². The third-order valence-corrected chi connectivity index (χ3v) is 3.54. The molecule has 0 amide bonds. The third kappa shape index (κ3) is 2.31. The van der Waals surface area contributed by atoms with Gasteiger partial charge < -0.3 is 14.8 Å². The van der Waals surface area contributed by atoms with E-state index in [1.807, 2.05) is 19.1 Å². The molecule has 1 aliphatic heterocycles. The van der Waals surface area contributed by atoms with Crippen molar-refractivity contribution < 1.29 is 9.47 Å². The van der Waals surface area contributed by atoms with Gasteiger partial charge in [0.15, 0.2) is 0 Å². The van der Waals surface area contributed by atoms with Crippen LogP contribution in [0.3, 0.4) is 0 Å². The maximum Gasteiger partial charge on any atom is 0.120 e. The lowest BCUT2D eigenvalue weighted by Gasteiger charge is -2.21. The van der Waals surface area contributed by atoms with Gasteiger partial charge in [-0.05, 0) is 32.0 Å². The summed E-state index contributed by atoms with van der Waals surface area (Å²) in [5, 5.41) is 4.59. The van der Waals surface area contributed by atoms with Gasteiger partial charge in [-0.2, -0.15) is 0 Å². The van der Waals surface area contributed by atoms with Crippen LogP contribution in [0.2, 0.25) is 0 Å². The van der Waals surface area contributed by atoms with Gasteiger partial charge in [0.25, 0.3) is 0 Å². The molecule has 20 heavy (non-hydrogen) atoms. The quantitative estimate of drug-likeness (QED) is 0.928. The third-order valence-electron chi connectivity index (χ3n) is 3.54. The maximum atomic E-state index is 5.60. The van der Waals surface area contributed by atoms with Crippen molar-refractivity contribution in [1.82, 2.24) is 4.98 Å². The Morgan fingerprint density at radius 2 is 2.25 bits per heavy atom. The second kappa shape index (κ2) is 5.67. The Hall–Kier alpha value is -1.81. The lowest BCUT2D eigenvalue weighted by atomic mass is 10.0. The van der Waals surface area contributed by atoms with Gasteiger partial charge in [-0.1, -0.05) is 0 Å². The van der Waals surface area contributed by atoms with Crippen molar-refractivity contribution in [3.8, 4) is 5.75 Å². The number of rotatable bonds is 4. The number of anilines is 1. The van der Waals surface area contributed by atoms with E-state index in [1.54, 1.807) is 0 Å². The fourth-order valence-corrected chi connectivity index (χ4v) is 2.67. The number of nitrogens with zero attached hydrogens (tertiary/aromatic N) is 1. The highest BCUT2D eigenvalue weighted by atomic mass is 16.5. The average Bonchev–Trinajstić information content (AvgIpc) is 2.48. The summed E-state index contributed by atoms with van der Waals surface area (Å²) in [5.41, 5.74) is 4.52. The smallest absolute Gasteiger partial charge is 0.120 e. The predicted molar refractivity (Wildman–Crippen MR) is 80.4 cm³/mol. The van der Waals surface area contributed by atoms with Crippen LogP contribution in [0.25, 0.3) is 10.9 Å². The SMILES string of the molecule is CCNc1c2c(nc3ccc(OCC)cc13)CCOC2. The molecule has 0 saturated carbocycles. The van der Waals surface area contributed by atoms with Crippen LogP contribution in [0.4, 0.5) is 5.69 Å². The van der Waals surface area contributed by atoms with Crippen molar-refractivity contribution in [2.75, 3.05) is 25.1 Å². The molecule has 2 aromatic rings. The van der Waals surface area contributed by atoms with E-state index in [1.165, 1.54) is 5.56 Å². The van der Waals surface area contributed by atoms with Gasteiger partial charge in [0.05, 0.1) is 36.7 Å². The molecule has 0 unspecified atom stereocenters. The largest absolute Gasteiger partial charge is 0.494 e.